The second kappa shape index (κ2) is 9.08. The van der Waals surface area contributed by atoms with Gasteiger partial charge in [-0.2, -0.15) is 8.42 Å². The van der Waals surface area contributed by atoms with Crippen LogP contribution in [0.2, 0.25) is 0 Å². The van der Waals surface area contributed by atoms with Gasteiger partial charge in [-0.15, -0.1) is 0 Å². The van der Waals surface area contributed by atoms with Crippen molar-refractivity contribution < 1.29 is 52.2 Å². The van der Waals surface area contributed by atoms with E-state index in [1.165, 1.54) is 6.07 Å². The summed E-state index contributed by atoms with van der Waals surface area (Å²) in [6.07, 6.45) is -8.33. The molecule has 1 aromatic rings. The molecule has 2 rings (SSSR count). The van der Waals surface area contributed by atoms with Crippen LogP contribution in [0.4, 0.5) is 5.69 Å². The van der Waals surface area contributed by atoms with Crippen molar-refractivity contribution in [2.75, 3.05) is 12.9 Å². The third kappa shape index (κ3) is 5.66. The standard InChI is InChI=1S/C15H19NO12S/c1-29(24,25)26-6-7-2-3-10(8(4-7)16(22)23)27-15-13(21)11(19)12(20)14(28-15)9(18)5-17/h2-4,11-15,17,19-21H,5-6H2,1H3/t11-,12-,13?,14?,15+/m0/s1. The molecule has 1 aliphatic heterocycles. The summed E-state index contributed by atoms with van der Waals surface area (Å²) >= 11 is 0. The Hall–Kier alpha value is -2.20. The lowest BCUT2D eigenvalue weighted by molar-refractivity contribution is -0.387. The van der Waals surface area contributed by atoms with Crippen LogP contribution in [0.25, 0.3) is 0 Å². The van der Waals surface area contributed by atoms with E-state index in [4.69, 9.17) is 14.6 Å². The van der Waals surface area contributed by atoms with E-state index in [0.717, 1.165) is 18.4 Å². The Balaban J connectivity index is 2.27. The van der Waals surface area contributed by atoms with Crippen molar-refractivity contribution in [1.82, 2.24) is 0 Å². The first-order valence-electron chi connectivity index (χ1n) is 8.06. The highest BCUT2D eigenvalue weighted by molar-refractivity contribution is 7.85. The van der Waals surface area contributed by atoms with Gasteiger partial charge in [0, 0.05) is 6.07 Å². The number of carbonyl (C=O) groups is 1. The van der Waals surface area contributed by atoms with Crippen molar-refractivity contribution in [2.45, 2.75) is 37.3 Å². The minimum atomic E-state index is -3.78. The number of benzene rings is 1. The predicted molar refractivity (Wildman–Crippen MR) is 92.1 cm³/mol. The quantitative estimate of drug-likeness (QED) is 0.195. The van der Waals surface area contributed by atoms with Gasteiger partial charge in [0.15, 0.2) is 17.6 Å². The molecule has 1 aliphatic rings. The van der Waals surface area contributed by atoms with Gasteiger partial charge >= 0.3 is 5.69 Å². The number of Topliss-reactive ketones (excluding diaryl/α,β-unsaturated/α-hetero) is 1. The molecule has 162 valence electrons. The Kier molecular flexibility index (Phi) is 7.23. The van der Waals surface area contributed by atoms with Crippen LogP contribution >= 0.6 is 0 Å². The molecule has 0 radical (unpaired) electrons. The molecule has 1 aromatic carbocycles. The van der Waals surface area contributed by atoms with Crippen LogP contribution in [0.3, 0.4) is 0 Å². The van der Waals surface area contributed by atoms with E-state index in [1.54, 1.807) is 0 Å². The fourth-order valence-corrected chi connectivity index (χ4v) is 2.85. The Labute approximate surface area is 164 Å². The smallest absolute Gasteiger partial charge is 0.311 e. The third-order valence-electron chi connectivity index (χ3n) is 3.95. The summed E-state index contributed by atoms with van der Waals surface area (Å²) in [5.74, 6) is -1.43. The molecule has 1 fully saturated rings. The van der Waals surface area contributed by atoms with Crippen LogP contribution in [0, 0.1) is 10.1 Å². The number of nitro benzene ring substituents is 1. The van der Waals surface area contributed by atoms with Gasteiger partial charge in [-0.1, -0.05) is 6.07 Å². The third-order valence-corrected chi connectivity index (χ3v) is 4.49. The monoisotopic (exact) mass is 437 g/mol. The molecule has 5 atom stereocenters. The molecule has 0 aliphatic carbocycles. The van der Waals surface area contributed by atoms with E-state index < -0.39 is 76.2 Å². The Morgan fingerprint density at radius 1 is 1.24 bits per heavy atom. The molecule has 1 heterocycles. The lowest BCUT2D eigenvalue weighted by Crippen LogP contribution is -2.61. The van der Waals surface area contributed by atoms with Crippen LogP contribution in [-0.2, 0) is 30.4 Å². The van der Waals surface area contributed by atoms with Gasteiger partial charge in [0.05, 0.1) is 17.8 Å². The maximum Gasteiger partial charge on any atom is 0.311 e. The van der Waals surface area contributed by atoms with E-state index in [0.29, 0.717) is 0 Å². The van der Waals surface area contributed by atoms with E-state index >= 15 is 0 Å². The maximum absolute atomic E-state index is 11.6. The summed E-state index contributed by atoms with van der Waals surface area (Å²) in [5.41, 5.74) is -0.510. The van der Waals surface area contributed by atoms with Gasteiger partial charge in [0.2, 0.25) is 6.29 Å². The number of aliphatic hydroxyl groups excluding tert-OH is 4. The van der Waals surface area contributed by atoms with Crippen molar-refractivity contribution >= 4 is 21.6 Å². The summed E-state index contributed by atoms with van der Waals surface area (Å²) in [5, 5.41) is 49.9. The summed E-state index contributed by atoms with van der Waals surface area (Å²) in [7, 11) is -3.78. The van der Waals surface area contributed by atoms with Crippen molar-refractivity contribution in [3.05, 3.63) is 33.9 Å². The first kappa shape index (κ1) is 23.1. The fraction of sp³-hybridized carbons (Fsp3) is 0.533. The fourth-order valence-electron chi connectivity index (χ4n) is 2.50. The zero-order valence-corrected chi connectivity index (χ0v) is 15.8. The van der Waals surface area contributed by atoms with Crippen molar-refractivity contribution in [2.24, 2.45) is 0 Å². The highest BCUT2D eigenvalue weighted by Gasteiger charge is 2.48. The molecule has 0 bridgehead atoms. The normalized spacial score (nSPS) is 27.4. The minimum Gasteiger partial charge on any atom is -0.455 e. The second-order valence-electron chi connectivity index (χ2n) is 6.16. The van der Waals surface area contributed by atoms with Crippen LogP contribution < -0.4 is 4.74 Å². The SMILES string of the molecule is CS(=O)(=O)OCc1ccc(O[C@@H]2OC(C(=O)CO)[C@@H](O)[C@H](O)C2O)c([N+](=O)[O-])c1. The largest absolute Gasteiger partial charge is 0.455 e. The highest BCUT2D eigenvalue weighted by atomic mass is 32.2. The molecular weight excluding hydrogens is 418 g/mol. The lowest BCUT2D eigenvalue weighted by Gasteiger charge is -2.39. The summed E-state index contributed by atoms with van der Waals surface area (Å²) in [4.78, 5) is 22.1. The zero-order valence-electron chi connectivity index (χ0n) is 14.9. The van der Waals surface area contributed by atoms with Gasteiger partial charge in [0.25, 0.3) is 10.1 Å². The average Bonchev–Trinajstić information content (AvgIpc) is 2.66. The molecule has 0 spiro atoms. The molecule has 14 heteroatoms. The van der Waals surface area contributed by atoms with Crippen LogP contribution in [0.15, 0.2) is 18.2 Å². The van der Waals surface area contributed by atoms with Gasteiger partial charge in [0.1, 0.15) is 24.9 Å². The average molecular weight is 437 g/mol. The number of carbonyl (C=O) groups excluding carboxylic acids is 1. The predicted octanol–water partition coefficient (Wildman–Crippen LogP) is -2.18. The molecule has 1 saturated heterocycles. The minimum absolute atomic E-state index is 0.128. The Bertz CT molecular complexity index is 872. The zero-order chi connectivity index (χ0) is 21.9. The van der Waals surface area contributed by atoms with Crippen LogP contribution in [0.5, 0.6) is 5.75 Å². The van der Waals surface area contributed by atoms with Crippen molar-refractivity contribution in [3.8, 4) is 5.75 Å². The van der Waals surface area contributed by atoms with E-state index in [1.807, 2.05) is 0 Å². The van der Waals surface area contributed by atoms with Crippen LogP contribution in [-0.4, -0.2) is 83.1 Å². The number of ketones is 1. The number of aliphatic hydroxyl groups is 4. The van der Waals surface area contributed by atoms with Crippen molar-refractivity contribution in [1.29, 1.82) is 0 Å². The number of rotatable bonds is 8. The Morgan fingerprint density at radius 3 is 2.45 bits per heavy atom. The molecule has 29 heavy (non-hydrogen) atoms. The number of hydrogen-bond acceptors (Lipinski definition) is 12. The number of ether oxygens (including phenoxy) is 2. The first-order valence-corrected chi connectivity index (χ1v) is 9.88. The van der Waals surface area contributed by atoms with Gasteiger partial charge < -0.3 is 29.9 Å². The maximum atomic E-state index is 11.6. The van der Waals surface area contributed by atoms with Gasteiger partial charge in [-0.25, -0.2) is 0 Å². The number of hydrogen-bond donors (Lipinski definition) is 4. The highest BCUT2D eigenvalue weighted by Crippen LogP contribution is 2.32. The van der Waals surface area contributed by atoms with Gasteiger partial charge in [-0.05, 0) is 11.6 Å². The Morgan fingerprint density at radius 2 is 1.90 bits per heavy atom. The molecule has 4 N–H and O–H groups in total. The number of nitrogens with zero attached hydrogens (tertiary/aromatic N) is 1. The number of nitro groups is 1. The molecule has 2 unspecified atom stereocenters. The van der Waals surface area contributed by atoms with Gasteiger partial charge in [-0.3, -0.25) is 19.1 Å². The summed E-state index contributed by atoms with van der Waals surface area (Å²) in [6.45, 7) is -1.49. The van der Waals surface area contributed by atoms with Crippen molar-refractivity contribution in [3.63, 3.8) is 0 Å². The topological polar surface area (TPSA) is 203 Å². The lowest BCUT2D eigenvalue weighted by atomic mass is 9.96. The molecule has 0 amide bonds. The summed E-state index contributed by atoms with van der Waals surface area (Å²) in [6, 6.07) is 3.30. The molecule has 0 aromatic heterocycles. The van der Waals surface area contributed by atoms with Crippen LogP contribution in [0.1, 0.15) is 5.56 Å². The molecule has 13 nitrogen and oxygen atoms in total. The summed E-state index contributed by atoms with van der Waals surface area (Å²) < 4.78 is 36.9. The second-order valence-corrected chi connectivity index (χ2v) is 7.81. The molecule has 0 saturated carbocycles. The first-order chi connectivity index (χ1) is 13.4. The molecular formula is C15H19NO12S. The van der Waals surface area contributed by atoms with E-state index in [9.17, 15) is 38.6 Å². The van der Waals surface area contributed by atoms with E-state index in [-0.39, 0.29) is 5.56 Å². The van der Waals surface area contributed by atoms with E-state index in [2.05, 4.69) is 4.18 Å².